The van der Waals surface area contributed by atoms with E-state index >= 15 is 0 Å². The van der Waals surface area contributed by atoms with Gasteiger partial charge in [0.15, 0.2) is 5.79 Å². The summed E-state index contributed by atoms with van der Waals surface area (Å²) in [4.78, 5) is 12.3. The van der Waals surface area contributed by atoms with Gasteiger partial charge < -0.3 is 24.1 Å². The maximum absolute atomic E-state index is 12.3. The highest BCUT2D eigenvalue weighted by atomic mass is 16.6. The van der Waals surface area contributed by atoms with Crippen LogP contribution in [0.3, 0.4) is 0 Å². The predicted octanol–water partition coefficient (Wildman–Crippen LogP) is 3.72. The molecule has 1 heterocycles. The second-order valence-corrected chi connectivity index (χ2v) is 7.76. The van der Waals surface area contributed by atoms with Crippen molar-refractivity contribution in [2.75, 3.05) is 13.7 Å². The van der Waals surface area contributed by atoms with Crippen molar-refractivity contribution in [3.05, 3.63) is 42.5 Å². The summed E-state index contributed by atoms with van der Waals surface area (Å²) < 4.78 is 22.6. The molecule has 6 nitrogen and oxygen atoms in total. The van der Waals surface area contributed by atoms with Gasteiger partial charge in [0.25, 0.3) is 0 Å². The molecule has 2 rings (SSSR count). The van der Waals surface area contributed by atoms with Crippen LogP contribution in [0.15, 0.2) is 36.9 Å². The minimum absolute atomic E-state index is 0.0101. The SMILES string of the molecule is C=CC(C)C1OC(O)(C(C)C(=O)OCC)CC(OCc2ccc(OC)cc2)C1C. The molecule has 0 radical (unpaired) electrons. The quantitative estimate of drug-likeness (QED) is 0.498. The average molecular weight is 407 g/mol. The summed E-state index contributed by atoms with van der Waals surface area (Å²) in [7, 11) is 1.63. The Balaban J connectivity index is 2.19. The molecule has 0 saturated carbocycles. The summed E-state index contributed by atoms with van der Waals surface area (Å²) in [5.74, 6) is -2.20. The molecule has 1 saturated heterocycles. The van der Waals surface area contributed by atoms with Crippen LogP contribution < -0.4 is 4.74 Å². The molecule has 6 atom stereocenters. The average Bonchev–Trinajstić information content (AvgIpc) is 2.73. The lowest BCUT2D eigenvalue weighted by molar-refractivity contribution is -0.317. The van der Waals surface area contributed by atoms with Gasteiger partial charge in [0, 0.05) is 18.3 Å². The molecule has 1 aromatic carbocycles. The number of carbonyl (C=O) groups is 1. The Hall–Kier alpha value is -1.89. The molecule has 0 spiro atoms. The number of aliphatic hydroxyl groups is 1. The number of hydrogen-bond donors (Lipinski definition) is 1. The Morgan fingerprint density at radius 3 is 2.59 bits per heavy atom. The monoisotopic (exact) mass is 406 g/mol. The first-order valence-electron chi connectivity index (χ1n) is 10.2. The Labute approximate surface area is 173 Å². The van der Waals surface area contributed by atoms with Crippen LogP contribution in [-0.4, -0.2) is 42.8 Å². The second-order valence-electron chi connectivity index (χ2n) is 7.76. The molecule has 1 N–H and O–H groups in total. The molecule has 0 bridgehead atoms. The fourth-order valence-corrected chi connectivity index (χ4v) is 3.66. The Bertz CT molecular complexity index is 672. The molecule has 162 valence electrons. The number of carbonyl (C=O) groups excluding carboxylic acids is 1. The van der Waals surface area contributed by atoms with Crippen molar-refractivity contribution in [3.63, 3.8) is 0 Å². The van der Waals surface area contributed by atoms with E-state index in [2.05, 4.69) is 6.58 Å². The van der Waals surface area contributed by atoms with Crippen molar-refractivity contribution < 1.29 is 28.8 Å². The topological polar surface area (TPSA) is 74.2 Å². The van der Waals surface area contributed by atoms with Gasteiger partial charge >= 0.3 is 5.97 Å². The minimum Gasteiger partial charge on any atom is -0.497 e. The summed E-state index contributed by atoms with van der Waals surface area (Å²) in [6.45, 7) is 11.9. The zero-order valence-corrected chi connectivity index (χ0v) is 18.1. The molecule has 0 aromatic heterocycles. The van der Waals surface area contributed by atoms with E-state index in [-0.39, 0.29) is 37.1 Å². The van der Waals surface area contributed by atoms with Crippen LogP contribution in [0, 0.1) is 17.8 Å². The first kappa shape index (κ1) is 23.4. The fourth-order valence-electron chi connectivity index (χ4n) is 3.66. The Morgan fingerprint density at radius 2 is 2.03 bits per heavy atom. The summed E-state index contributed by atoms with van der Waals surface area (Å²) in [6.07, 6.45) is 1.36. The van der Waals surface area contributed by atoms with E-state index in [0.29, 0.717) is 6.61 Å². The van der Waals surface area contributed by atoms with Crippen LogP contribution in [0.2, 0.25) is 0 Å². The van der Waals surface area contributed by atoms with Gasteiger partial charge in [-0.3, -0.25) is 4.79 Å². The smallest absolute Gasteiger partial charge is 0.314 e. The van der Waals surface area contributed by atoms with Gasteiger partial charge in [0.05, 0.1) is 32.5 Å². The zero-order valence-electron chi connectivity index (χ0n) is 18.1. The second kappa shape index (κ2) is 10.2. The zero-order chi connectivity index (χ0) is 21.6. The van der Waals surface area contributed by atoms with Crippen molar-refractivity contribution >= 4 is 5.97 Å². The van der Waals surface area contributed by atoms with E-state index in [4.69, 9.17) is 18.9 Å². The normalized spacial score (nSPS) is 29.0. The van der Waals surface area contributed by atoms with Gasteiger partial charge in [-0.25, -0.2) is 0 Å². The van der Waals surface area contributed by atoms with Crippen LogP contribution in [0.1, 0.15) is 39.7 Å². The minimum atomic E-state index is -1.66. The predicted molar refractivity (Wildman–Crippen MR) is 110 cm³/mol. The van der Waals surface area contributed by atoms with E-state index in [1.54, 1.807) is 27.0 Å². The first-order valence-corrected chi connectivity index (χ1v) is 10.2. The third-order valence-electron chi connectivity index (χ3n) is 5.77. The third-order valence-corrected chi connectivity index (χ3v) is 5.77. The summed E-state index contributed by atoms with van der Waals surface area (Å²) >= 11 is 0. The van der Waals surface area contributed by atoms with Crippen LogP contribution >= 0.6 is 0 Å². The molecular weight excluding hydrogens is 372 g/mol. The lowest BCUT2D eigenvalue weighted by Crippen LogP contribution is -2.57. The van der Waals surface area contributed by atoms with Gasteiger partial charge in [0.2, 0.25) is 0 Å². The molecule has 29 heavy (non-hydrogen) atoms. The highest BCUT2D eigenvalue weighted by Gasteiger charge is 2.51. The highest BCUT2D eigenvalue weighted by molar-refractivity contribution is 5.73. The molecule has 0 aliphatic carbocycles. The number of rotatable bonds is 9. The van der Waals surface area contributed by atoms with Crippen molar-refractivity contribution in [2.45, 2.75) is 58.7 Å². The number of ether oxygens (including phenoxy) is 4. The van der Waals surface area contributed by atoms with Crippen LogP contribution in [-0.2, 0) is 25.6 Å². The van der Waals surface area contributed by atoms with Crippen molar-refractivity contribution in [1.82, 2.24) is 0 Å². The molecule has 6 heteroatoms. The molecular formula is C23H34O6. The van der Waals surface area contributed by atoms with E-state index in [1.807, 2.05) is 38.1 Å². The standard InChI is InChI=1S/C23H34O6/c1-7-15(3)21-16(4)20(28-14-18-9-11-19(26-6)12-10-18)13-23(25,29-21)17(5)22(24)27-8-2/h7,9-12,15-17,20-21,25H,1,8,13-14H2,2-6H3. The third kappa shape index (κ3) is 5.59. The van der Waals surface area contributed by atoms with Crippen molar-refractivity contribution in [2.24, 2.45) is 17.8 Å². The van der Waals surface area contributed by atoms with Crippen molar-refractivity contribution in [3.8, 4) is 5.75 Å². The van der Waals surface area contributed by atoms with Crippen LogP contribution in [0.5, 0.6) is 5.75 Å². The number of methoxy groups -OCH3 is 1. The van der Waals surface area contributed by atoms with Crippen LogP contribution in [0.4, 0.5) is 0 Å². The van der Waals surface area contributed by atoms with E-state index < -0.39 is 17.7 Å². The lowest BCUT2D eigenvalue weighted by Gasteiger charge is -2.48. The molecule has 0 amide bonds. The first-order chi connectivity index (χ1) is 13.8. The molecule has 1 fully saturated rings. The maximum atomic E-state index is 12.3. The molecule has 1 aliphatic rings. The lowest BCUT2D eigenvalue weighted by atomic mass is 9.80. The summed E-state index contributed by atoms with van der Waals surface area (Å²) in [5.41, 5.74) is 1.000. The maximum Gasteiger partial charge on any atom is 0.314 e. The number of hydrogen-bond acceptors (Lipinski definition) is 6. The molecule has 1 aromatic rings. The van der Waals surface area contributed by atoms with Gasteiger partial charge in [-0.1, -0.05) is 32.1 Å². The van der Waals surface area contributed by atoms with E-state index in [1.165, 1.54) is 0 Å². The Morgan fingerprint density at radius 1 is 1.38 bits per heavy atom. The number of esters is 1. The fraction of sp³-hybridized carbons (Fsp3) is 0.609. The number of benzene rings is 1. The Kier molecular flexibility index (Phi) is 8.25. The van der Waals surface area contributed by atoms with E-state index in [9.17, 15) is 9.90 Å². The van der Waals surface area contributed by atoms with Gasteiger partial charge in [-0.05, 0) is 31.5 Å². The summed E-state index contributed by atoms with van der Waals surface area (Å²) in [6, 6.07) is 7.65. The van der Waals surface area contributed by atoms with Gasteiger partial charge in [-0.2, -0.15) is 0 Å². The largest absolute Gasteiger partial charge is 0.497 e. The van der Waals surface area contributed by atoms with E-state index in [0.717, 1.165) is 11.3 Å². The van der Waals surface area contributed by atoms with Crippen LogP contribution in [0.25, 0.3) is 0 Å². The molecule has 1 aliphatic heterocycles. The summed E-state index contributed by atoms with van der Waals surface area (Å²) in [5, 5.41) is 11.3. The molecule has 6 unspecified atom stereocenters. The van der Waals surface area contributed by atoms with Crippen molar-refractivity contribution in [1.29, 1.82) is 0 Å². The highest BCUT2D eigenvalue weighted by Crippen LogP contribution is 2.40. The van der Waals surface area contributed by atoms with Gasteiger partial charge in [0.1, 0.15) is 11.7 Å². The van der Waals surface area contributed by atoms with Gasteiger partial charge in [-0.15, -0.1) is 6.58 Å².